The minimum absolute atomic E-state index is 0.817. The van der Waals surface area contributed by atoms with Gasteiger partial charge in [-0.2, -0.15) is 0 Å². The molecule has 0 atom stereocenters. The van der Waals surface area contributed by atoms with E-state index in [1.54, 1.807) is 7.11 Å². The normalized spacial score (nSPS) is 10.6. The summed E-state index contributed by atoms with van der Waals surface area (Å²) < 4.78 is 7.51. The van der Waals surface area contributed by atoms with Crippen LogP contribution in [-0.2, 0) is 0 Å². The van der Waals surface area contributed by atoms with Gasteiger partial charge in [0.1, 0.15) is 5.75 Å². The molecule has 5 heteroatoms. The Labute approximate surface area is 177 Å². The van der Waals surface area contributed by atoms with Crippen LogP contribution in [0.25, 0.3) is 16.8 Å². The summed E-state index contributed by atoms with van der Waals surface area (Å²) >= 11 is 0. The molecule has 2 N–H and O–H groups in total. The molecule has 0 fully saturated rings. The van der Waals surface area contributed by atoms with Gasteiger partial charge in [0.2, 0.25) is 0 Å². The maximum atomic E-state index is 5.49. The van der Waals surface area contributed by atoms with Crippen LogP contribution in [0.3, 0.4) is 0 Å². The van der Waals surface area contributed by atoms with E-state index in [1.807, 2.05) is 42.2 Å². The number of para-hydroxylation sites is 1. The number of aromatic nitrogens is 2. The molecule has 0 aliphatic heterocycles. The van der Waals surface area contributed by atoms with E-state index in [0.717, 1.165) is 52.7 Å². The summed E-state index contributed by atoms with van der Waals surface area (Å²) in [5.74, 6) is 0.880. The largest absolute Gasteiger partial charge is 0.496 e. The first-order valence-electron chi connectivity index (χ1n) is 10.1. The maximum Gasteiger partial charge on any atom is 0.126 e. The minimum atomic E-state index is 0.817. The van der Waals surface area contributed by atoms with Crippen LogP contribution < -0.4 is 15.4 Å². The number of nitrogens with zero attached hydrogens (tertiary/aromatic N) is 2. The molecule has 1 aromatic heterocycles. The highest BCUT2D eigenvalue weighted by Gasteiger charge is 2.05. The van der Waals surface area contributed by atoms with E-state index >= 15 is 0 Å². The van der Waals surface area contributed by atoms with Crippen molar-refractivity contribution in [3.05, 3.63) is 91.0 Å². The van der Waals surface area contributed by atoms with Crippen molar-refractivity contribution < 1.29 is 4.74 Å². The third kappa shape index (κ3) is 4.63. The van der Waals surface area contributed by atoms with Gasteiger partial charge in [0, 0.05) is 41.9 Å². The van der Waals surface area contributed by atoms with Crippen molar-refractivity contribution in [1.29, 1.82) is 0 Å². The smallest absolute Gasteiger partial charge is 0.126 e. The fourth-order valence-electron chi connectivity index (χ4n) is 3.41. The molecular formula is C25H26N4O. The Bertz CT molecular complexity index is 1100. The highest BCUT2D eigenvalue weighted by atomic mass is 16.5. The summed E-state index contributed by atoms with van der Waals surface area (Å²) in [6.07, 6.45) is 3.85. The topological polar surface area (TPSA) is 51.1 Å². The number of hydrogen-bond acceptors (Lipinski definition) is 4. The molecule has 0 unspecified atom stereocenters. The summed E-state index contributed by atoms with van der Waals surface area (Å²) in [7, 11) is 1.70. The first-order chi connectivity index (χ1) is 14.7. The van der Waals surface area contributed by atoms with Gasteiger partial charge in [-0.15, -0.1) is 0 Å². The van der Waals surface area contributed by atoms with Gasteiger partial charge < -0.3 is 19.9 Å². The molecule has 5 nitrogen and oxygen atoms in total. The van der Waals surface area contributed by atoms with Crippen LogP contribution in [0.15, 0.2) is 85.3 Å². The van der Waals surface area contributed by atoms with Crippen molar-refractivity contribution in [3.63, 3.8) is 0 Å². The fourth-order valence-corrected chi connectivity index (χ4v) is 3.41. The van der Waals surface area contributed by atoms with Crippen molar-refractivity contribution in [2.24, 2.45) is 0 Å². The van der Waals surface area contributed by atoms with Crippen molar-refractivity contribution >= 4 is 11.4 Å². The zero-order valence-electron chi connectivity index (χ0n) is 17.3. The van der Waals surface area contributed by atoms with Crippen LogP contribution in [0.5, 0.6) is 5.75 Å². The monoisotopic (exact) mass is 398 g/mol. The Hall–Kier alpha value is -3.73. The van der Waals surface area contributed by atoms with Crippen molar-refractivity contribution in [1.82, 2.24) is 9.55 Å². The summed E-state index contributed by atoms with van der Waals surface area (Å²) in [6.45, 7) is 3.63. The van der Waals surface area contributed by atoms with Crippen LogP contribution in [0.1, 0.15) is 5.69 Å². The molecule has 0 aliphatic rings. The second-order valence-corrected chi connectivity index (χ2v) is 7.10. The van der Waals surface area contributed by atoms with Crippen LogP contribution in [0.2, 0.25) is 0 Å². The number of benzene rings is 3. The number of aryl methyl sites for hydroxylation is 1. The number of ether oxygens (including phenoxy) is 1. The number of nitrogens with one attached hydrogen (secondary N) is 2. The molecule has 0 spiro atoms. The number of imidazole rings is 1. The lowest BCUT2D eigenvalue weighted by Gasteiger charge is -2.12. The van der Waals surface area contributed by atoms with Crippen LogP contribution in [0.4, 0.5) is 11.4 Å². The van der Waals surface area contributed by atoms with E-state index in [9.17, 15) is 0 Å². The predicted octanol–water partition coefficient (Wildman–Crippen LogP) is 5.38. The molecule has 0 saturated heterocycles. The maximum absolute atomic E-state index is 5.49. The molecule has 0 radical (unpaired) electrons. The molecule has 0 bridgehead atoms. The van der Waals surface area contributed by atoms with E-state index in [4.69, 9.17) is 4.74 Å². The molecule has 4 aromatic rings. The highest BCUT2D eigenvalue weighted by Crippen LogP contribution is 2.30. The predicted molar refractivity (Wildman–Crippen MR) is 124 cm³/mol. The number of methoxy groups -OCH3 is 1. The molecular weight excluding hydrogens is 372 g/mol. The lowest BCUT2D eigenvalue weighted by Crippen LogP contribution is -2.13. The Morgan fingerprint density at radius 1 is 0.867 bits per heavy atom. The van der Waals surface area contributed by atoms with Crippen molar-refractivity contribution in [2.75, 3.05) is 30.8 Å². The van der Waals surface area contributed by atoms with E-state index in [0.29, 0.717) is 0 Å². The number of hydrogen-bond donors (Lipinski definition) is 2. The average Bonchev–Trinajstić information content (AvgIpc) is 3.23. The molecule has 0 aliphatic carbocycles. The quantitative estimate of drug-likeness (QED) is 0.391. The zero-order chi connectivity index (χ0) is 20.8. The van der Waals surface area contributed by atoms with Gasteiger partial charge in [0.25, 0.3) is 0 Å². The lowest BCUT2D eigenvalue weighted by atomic mass is 10.0. The SMILES string of the molecule is COc1ccccc1-c1cccc(NCCNc2ccc(-n3cnc(C)c3)cc2)c1. The minimum Gasteiger partial charge on any atom is -0.496 e. The molecule has 1 heterocycles. The van der Waals surface area contributed by atoms with Crippen molar-refractivity contribution in [3.8, 4) is 22.6 Å². The first-order valence-corrected chi connectivity index (χ1v) is 10.1. The van der Waals surface area contributed by atoms with Crippen LogP contribution in [-0.4, -0.2) is 29.8 Å². The van der Waals surface area contributed by atoms with E-state index in [2.05, 4.69) is 70.2 Å². The lowest BCUT2D eigenvalue weighted by molar-refractivity contribution is 0.416. The Morgan fingerprint density at radius 3 is 2.37 bits per heavy atom. The number of anilines is 2. The van der Waals surface area contributed by atoms with E-state index in [-0.39, 0.29) is 0 Å². The summed E-state index contributed by atoms with van der Waals surface area (Å²) in [4.78, 5) is 4.27. The van der Waals surface area contributed by atoms with Gasteiger partial charge in [-0.25, -0.2) is 4.98 Å². The van der Waals surface area contributed by atoms with Gasteiger partial charge in [0.15, 0.2) is 0 Å². The average molecular weight is 399 g/mol. The summed E-state index contributed by atoms with van der Waals surface area (Å²) in [6, 6.07) is 24.8. The van der Waals surface area contributed by atoms with Gasteiger partial charge in [-0.1, -0.05) is 30.3 Å². The second kappa shape index (κ2) is 9.18. The number of rotatable bonds is 8. The summed E-state index contributed by atoms with van der Waals surface area (Å²) in [5, 5.41) is 6.94. The van der Waals surface area contributed by atoms with E-state index in [1.165, 1.54) is 0 Å². The zero-order valence-corrected chi connectivity index (χ0v) is 17.3. The summed E-state index contributed by atoms with van der Waals surface area (Å²) in [5.41, 5.74) is 6.53. The molecule has 3 aromatic carbocycles. The Balaban J connectivity index is 1.32. The van der Waals surface area contributed by atoms with Gasteiger partial charge in [-0.05, 0) is 55.0 Å². The van der Waals surface area contributed by atoms with Gasteiger partial charge in [0.05, 0.1) is 19.1 Å². The third-order valence-corrected chi connectivity index (χ3v) is 4.94. The molecule has 152 valence electrons. The second-order valence-electron chi connectivity index (χ2n) is 7.10. The molecule has 30 heavy (non-hydrogen) atoms. The van der Waals surface area contributed by atoms with Gasteiger partial charge in [-0.3, -0.25) is 0 Å². The standard InChI is InChI=1S/C25H26N4O/c1-19-17-29(18-28-19)23-12-10-21(11-13-23)26-14-15-27-22-7-5-6-20(16-22)24-8-3-4-9-25(24)30-2/h3-13,16-18,26-27H,14-15H2,1-2H3. The van der Waals surface area contributed by atoms with Crippen molar-refractivity contribution in [2.45, 2.75) is 6.92 Å². The third-order valence-electron chi connectivity index (χ3n) is 4.94. The van der Waals surface area contributed by atoms with Gasteiger partial charge >= 0.3 is 0 Å². The molecule has 4 rings (SSSR count). The highest BCUT2D eigenvalue weighted by molar-refractivity contribution is 5.73. The molecule has 0 amide bonds. The first kappa shape index (κ1) is 19.6. The molecule has 0 saturated carbocycles. The van der Waals surface area contributed by atoms with Crippen LogP contribution >= 0.6 is 0 Å². The van der Waals surface area contributed by atoms with E-state index < -0.39 is 0 Å². The Morgan fingerprint density at radius 2 is 1.63 bits per heavy atom. The fraction of sp³-hybridized carbons (Fsp3) is 0.160. The Kier molecular flexibility index (Phi) is 5.99. The van der Waals surface area contributed by atoms with Crippen LogP contribution in [0, 0.1) is 6.92 Å².